The Hall–Kier alpha value is -2.92. The van der Waals surface area contributed by atoms with Crippen LogP contribution in [0.2, 0.25) is 5.02 Å². The van der Waals surface area contributed by atoms with Gasteiger partial charge >= 0.3 is 12.1 Å². The summed E-state index contributed by atoms with van der Waals surface area (Å²) in [5.41, 5.74) is 0.181. The van der Waals surface area contributed by atoms with Gasteiger partial charge < -0.3 is 14.6 Å². The minimum absolute atomic E-state index is 0.0210. The Bertz CT molecular complexity index is 1370. The van der Waals surface area contributed by atoms with Gasteiger partial charge in [-0.25, -0.2) is 9.78 Å². The van der Waals surface area contributed by atoms with Gasteiger partial charge in [-0.1, -0.05) is 23.7 Å². The number of piperidine rings is 1. The summed E-state index contributed by atoms with van der Waals surface area (Å²) < 4.78 is 51.5. The number of alkyl halides is 3. The molecule has 0 radical (unpaired) electrons. The maximum absolute atomic E-state index is 13.6. The second-order valence-corrected chi connectivity index (χ2v) is 10.3. The van der Waals surface area contributed by atoms with Crippen LogP contribution in [0, 0.1) is 0 Å². The number of fused-ring (bicyclic) bond motifs is 1. The minimum Gasteiger partial charge on any atom is -0.495 e. The summed E-state index contributed by atoms with van der Waals surface area (Å²) in [5.74, 6) is -0.906. The first-order chi connectivity index (χ1) is 18.7. The van der Waals surface area contributed by atoms with Crippen LogP contribution in [-0.4, -0.2) is 78.4 Å². The fourth-order valence-electron chi connectivity index (χ4n) is 5.55. The van der Waals surface area contributed by atoms with Gasteiger partial charge in [0.2, 0.25) is 0 Å². The number of morpholine rings is 1. The first-order valence-electron chi connectivity index (χ1n) is 12.8. The second kappa shape index (κ2) is 11.3. The molecule has 7 nitrogen and oxygen atoms in total. The smallest absolute Gasteiger partial charge is 0.416 e. The van der Waals surface area contributed by atoms with E-state index < -0.39 is 17.7 Å². The van der Waals surface area contributed by atoms with E-state index in [1.807, 2.05) is 0 Å². The number of ether oxygens (including phenoxy) is 2. The van der Waals surface area contributed by atoms with Gasteiger partial charge in [-0.3, -0.25) is 9.80 Å². The average molecular weight is 564 g/mol. The molecule has 0 bridgehead atoms. The number of hydrogen-bond donors (Lipinski definition) is 1. The lowest BCUT2D eigenvalue weighted by molar-refractivity contribution is -0.137. The molecule has 2 fully saturated rings. The lowest BCUT2D eigenvalue weighted by atomic mass is 9.94. The normalized spacial score (nSPS) is 18.0. The van der Waals surface area contributed by atoms with Crippen LogP contribution >= 0.6 is 11.6 Å². The van der Waals surface area contributed by atoms with E-state index in [4.69, 9.17) is 26.1 Å². The molecule has 0 aliphatic carbocycles. The standard InChI is InChI=1S/C28H29ClF3N3O4/c1-38-24-15-23-20(14-22(24)29)25(27(36)37)21(26(33-23)17-3-2-4-18(13-17)28(30,31)32)16-34-7-5-19(6-8-34)35-9-11-39-12-10-35/h2-4,13-15,19H,5-12,16H2,1H3,(H,36,37). The first-order valence-corrected chi connectivity index (χ1v) is 13.2. The topological polar surface area (TPSA) is 75.1 Å². The maximum atomic E-state index is 13.6. The molecule has 2 aliphatic rings. The number of carbonyl (C=O) groups is 1. The average Bonchev–Trinajstić information content (AvgIpc) is 2.92. The molecule has 1 N–H and O–H groups in total. The van der Waals surface area contributed by atoms with E-state index in [-0.39, 0.29) is 33.9 Å². The maximum Gasteiger partial charge on any atom is 0.416 e. The predicted octanol–water partition coefficient (Wildman–Crippen LogP) is 5.58. The van der Waals surface area contributed by atoms with E-state index in [9.17, 15) is 23.1 Å². The zero-order valence-electron chi connectivity index (χ0n) is 21.4. The van der Waals surface area contributed by atoms with Crippen LogP contribution < -0.4 is 4.74 Å². The van der Waals surface area contributed by atoms with E-state index in [1.165, 1.54) is 31.4 Å². The molecule has 0 unspecified atom stereocenters. The number of carboxylic acids is 1. The van der Waals surface area contributed by atoms with Gasteiger partial charge in [-0.15, -0.1) is 0 Å². The SMILES string of the molecule is COc1cc2nc(-c3cccc(C(F)(F)F)c3)c(CN3CCC(N4CCOCC4)CC3)c(C(=O)O)c2cc1Cl. The van der Waals surface area contributed by atoms with Crippen molar-refractivity contribution in [2.75, 3.05) is 46.5 Å². The van der Waals surface area contributed by atoms with E-state index >= 15 is 0 Å². The Morgan fingerprint density at radius 3 is 2.51 bits per heavy atom. The number of nitrogens with zero attached hydrogens (tertiary/aromatic N) is 3. The van der Waals surface area contributed by atoms with Gasteiger partial charge in [-0.2, -0.15) is 13.2 Å². The van der Waals surface area contributed by atoms with Crippen molar-refractivity contribution in [3.63, 3.8) is 0 Å². The van der Waals surface area contributed by atoms with Crippen molar-refractivity contribution < 1.29 is 32.5 Å². The first kappa shape index (κ1) is 27.6. The predicted molar refractivity (Wildman–Crippen MR) is 141 cm³/mol. The van der Waals surface area contributed by atoms with E-state index in [0.29, 0.717) is 22.7 Å². The fraction of sp³-hybridized carbons (Fsp3) is 0.429. The van der Waals surface area contributed by atoms with Crippen molar-refractivity contribution in [3.05, 3.63) is 58.1 Å². The fourth-order valence-corrected chi connectivity index (χ4v) is 5.79. The van der Waals surface area contributed by atoms with E-state index in [0.717, 1.165) is 64.4 Å². The molecule has 3 aromatic rings. The quantitative estimate of drug-likeness (QED) is 0.420. The molecule has 0 amide bonds. The zero-order chi connectivity index (χ0) is 27.7. The molecule has 39 heavy (non-hydrogen) atoms. The van der Waals surface area contributed by atoms with Crippen LogP contribution in [0.3, 0.4) is 0 Å². The highest BCUT2D eigenvalue weighted by molar-refractivity contribution is 6.33. The number of aromatic nitrogens is 1. The summed E-state index contributed by atoms with van der Waals surface area (Å²) in [6.07, 6.45) is -2.74. The molecule has 0 saturated carbocycles. The molecule has 0 atom stereocenters. The van der Waals surface area contributed by atoms with Gasteiger partial charge in [0.05, 0.1) is 47.7 Å². The molecule has 3 heterocycles. The molecular weight excluding hydrogens is 535 g/mol. The molecule has 2 saturated heterocycles. The number of likely N-dealkylation sites (tertiary alicyclic amines) is 1. The highest BCUT2D eigenvalue weighted by Crippen LogP contribution is 2.38. The second-order valence-electron chi connectivity index (χ2n) is 9.86. The molecule has 1 aromatic heterocycles. The third kappa shape index (κ3) is 5.84. The van der Waals surface area contributed by atoms with Gasteiger partial charge in [0, 0.05) is 48.3 Å². The third-order valence-corrected chi connectivity index (χ3v) is 7.83. The van der Waals surface area contributed by atoms with Gasteiger partial charge in [0.25, 0.3) is 0 Å². The number of benzene rings is 2. The Kier molecular flexibility index (Phi) is 8.00. The number of aromatic carboxylic acids is 1. The number of hydrogen-bond acceptors (Lipinski definition) is 6. The monoisotopic (exact) mass is 563 g/mol. The summed E-state index contributed by atoms with van der Waals surface area (Å²) in [4.78, 5) is 22.0. The molecule has 0 spiro atoms. The van der Waals surface area contributed by atoms with Crippen molar-refractivity contribution in [3.8, 4) is 17.0 Å². The molecule has 11 heteroatoms. The molecule has 2 aliphatic heterocycles. The summed E-state index contributed by atoms with van der Waals surface area (Å²) >= 11 is 6.35. The summed E-state index contributed by atoms with van der Waals surface area (Å²) in [6, 6.07) is 8.27. The van der Waals surface area contributed by atoms with Crippen LogP contribution in [0.5, 0.6) is 5.75 Å². The van der Waals surface area contributed by atoms with Crippen molar-refractivity contribution in [1.29, 1.82) is 0 Å². The van der Waals surface area contributed by atoms with E-state index in [1.54, 1.807) is 0 Å². The van der Waals surface area contributed by atoms with Crippen LogP contribution in [0.4, 0.5) is 13.2 Å². The number of rotatable bonds is 6. The van der Waals surface area contributed by atoms with Crippen molar-refractivity contribution in [2.24, 2.45) is 0 Å². The molecule has 5 rings (SSSR count). The Labute approximate surface area is 229 Å². The van der Waals surface area contributed by atoms with Gasteiger partial charge in [0.15, 0.2) is 0 Å². The van der Waals surface area contributed by atoms with E-state index in [2.05, 4.69) is 9.80 Å². The van der Waals surface area contributed by atoms with Crippen LogP contribution in [-0.2, 0) is 17.5 Å². The Morgan fingerprint density at radius 1 is 1.15 bits per heavy atom. The largest absolute Gasteiger partial charge is 0.495 e. The number of carboxylic acid groups (broad SMARTS) is 1. The van der Waals surface area contributed by atoms with Crippen molar-refractivity contribution in [2.45, 2.75) is 31.6 Å². The molecule has 208 valence electrons. The van der Waals surface area contributed by atoms with Gasteiger partial charge in [-0.05, 0) is 44.1 Å². The number of methoxy groups -OCH3 is 1. The van der Waals surface area contributed by atoms with Crippen LogP contribution in [0.25, 0.3) is 22.2 Å². The molecular formula is C28H29ClF3N3O4. The third-order valence-electron chi connectivity index (χ3n) is 7.54. The zero-order valence-corrected chi connectivity index (χ0v) is 22.2. The van der Waals surface area contributed by atoms with Crippen LogP contribution in [0.15, 0.2) is 36.4 Å². The highest BCUT2D eigenvalue weighted by Gasteiger charge is 2.32. The van der Waals surface area contributed by atoms with Crippen LogP contribution in [0.1, 0.15) is 34.3 Å². The van der Waals surface area contributed by atoms with Crippen molar-refractivity contribution in [1.82, 2.24) is 14.8 Å². The summed E-state index contributed by atoms with van der Waals surface area (Å²) in [7, 11) is 1.42. The number of pyridine rings is 1. The molecule has 2 aromatic carbocycles. The summed E-state index contributed by atoms with van der Waals surface area (Å²) in [6.45, 7) is 4.92. The lowest BCUT2D eigenvalue weighted by Gasteiger charge is -2.40. The van der Waals surface area contributed by atoms with Crippen molar-refractivity contribution >= 4 is 28.5 Å². The Balaban J connectivity index is 1.58. The minimum atomic E-state index is -4.55. The summed E-state index contributed by atoms with van der Waals surface area (Å²) in [5, 5.41) is 10.9. The Morgan fingerprint density at radius 2 is 1.87 bits per heavy atom. The number of halogens is 4. The lowest BCUT2D eigenvalue weighted by Crippen LogP contribution is -2.48. The van der Waals surface area contributed by atoms with Gasteiger partial charge in [0.1, 0.15) is 5.75 Å². The highest BCUT2D eigenvalue weighted by atomic mass is 35.5.